The lowest BCUT2D eigenvalue weighted by atomic mass is 10.1. The number of carbonyl (C=O) groups is 1. The summed E-state index contributed by atoms with van der Waals surface area (Å²) < 4.78 is 2.66. The molecule has 0 bridgehead atoms. The highest BCUT2D eigenvalue weighted by Gasteiger charge is 2.16. The average molecular weight is 453 g/mol. The van der Waals surface area contributed by atoms with Crippen molar-refractivity contribution >= 4 is 50.9 Å². The lowest BCUT2D eigenvalue weighted by Crippen LogP contribution is -2.15. The highest BCUT2D eigenvalue weighted by atomic mass is 79.9. The second kappa shape index (κ2) is 8.20. The van der Waals surface area contributed by atoms with E-state index >= 15 is 0 Å². The molecule has 3 rings (SSSR count). The molecule has 1 heterocycles. The van der Waals surface area contributed by atoms with Gasteiger partial charge in [0.25, 0.3) is 0 Å². The third kappa shape index (κ3) is 4.25. The van der Waals surface area contributed by atoms with Crippen LogP contribution in [0.5, 0.6) is 0 Å². The van der Waals surface area contributed by atoms with Gasteiger partial charge in [-0.15, -0.1) is 5.10 Å². The Morgan fingerprint density at radius 1 is 1.27 bits per heavy atom. The Morgan fingerprint density at radius 3 is 2.65 bits per heavy atom. The van der Waals surface area contributed by atoms with Gasteiger partial charge in [-0.3, -0.25) is 4.79 Å². The Labute approximate surface area is 168 Å². The number of nitrogens with one attached hydrogen (secondary N) is 1. The molecule has 0 fully saturated rings. The highest BCUT2D eigenvalue weighted by Crippen LogP contribution is 2.27. The molecule has 0 atom stereocenters. The second-order valence-corrected chi connectivity index (χ2v) is 7.84. The van der Waals surface area contributed by atoms with Gasteiger partial charge in [-0.05, 0) is 59.7 Å². The Hall–Kier alpha value is -1.90. The number of hydrogen-bond acceptors (Lipinski definition) is 5. The number of rotatable bonds is 5. The van der Waals surface area contributed by atoms with E-state index in [1.165, 1.54) is 11.8 Å². The van der Waals surface area contributed by atoms with E-state index in [1.807, 2.05) is 38.1 Å². The van der Waals surface area contributed by atoms with E-state index in [-0.39, 0.29) is 11.7 Å². The molecule has 6 nitrogen and oxygen atoms in total. The van der Waals surface area contributed by atoms with Gasteiger partial charge < -0.3 is 5.32 Å². The molecule has 9 heteroatoms. The Kier molecular flexibility index (Phi) is 5.95. The van der Waals surface area contributed by atoms with Crippen LogP contribution in [0.15, 0.2) is 46.0 Å². The van der Waals surface area contributed by atoms with Crippen LogP contribution in [0.1, 0.15) is 11.1 Å². The molecule has 1 amide bonds. The summed E-state index contributed by atoms with van der Waals surface area (Å²) in [7, 11) is 0. The van der Waals surface area contributed by atoms with E-state index in [0.717, 1.165) is 21.3 Å². The molecule has 0 aliphatic heterocycles. The van der Waals surface area contributed by atoms with E-state index in [1.54, 1.807) is 16.8 Å². The average Bonchev–Trinajstić information content (AvgIpc) is 3.02. The van der Waals surface area contributed by atoms with Crippen LogP contribution in [0.2, 0.25) is 5.02 Å². The summed E-state index contributed by atoms with van der Waals surface area (Å²) in [6.45, 7) is 3.99. The Morgan fingerprint density at radius 2 is 1.96 bits per heavy atom. The predicted octanol–water partition coefficient (Wildman–Crippen LogP) is 4.43. The van der Waals surface area contributed by atoms with Gasteiger partial charge in [-0.25, -0.2) is 0 Å². The number of thioether (sulfide) groups is 1. The fourth-order valence-corrected chi connectivity index (χ4v) is 4.07. The molecule has 1 N–H and O–H groups in total. The first-order valence-corrected chi connectivity index (χ1v) is 9.84. The molecular formula is C17H15BrClN5OS. The van der Waals surface area contributed by atoms with Crippen LogP contribution in [0.25, 0.3) is 5.69 Å². The van der Waals surface area contributed by atoms with Crippen molar-refractivity contribution in [2.75, 3.05) is 11.1 Å². The lowest BCUT2D eigenvalue weighted by Gasteiger charge is -2.11. The number of hydrogen-bond donors (Lipinski definition) is 1. The van der Waals surface area contributed by atoms with Crippen molar-refractivity contribution in [3.05, 3.63) is 57.0 Å². The second-order valence-electron chi connectivity index (χ2n) is 5.58. The summed E-state index contributed by atoms with van der Waals surface area (Å²) in [6.07, 6.45) is 0. The molecule has 0 radical (unpaired) electrons. The minimum Gasteiger partial charge on any atom is -0.324 e. The van der Waals surface area contributed by atoms with Gasteiger partial charge in [-0.2, -0.15) is 4.68 Å². The van der Waals surface area contributed by atoms with E-state index in [0.29, 0.717) is 15.9 Å². The number of benzene rings is 2. The number of carbonyl (C=O) groups excluding carboxylic acids is 1. The van der Waals surface area contributed by atoms with Gasteiger partial charge in [0.2, 0.25) is 11.1 Å². The first kappa shape index (κ1) is 18.9. The maximum Gasteiger partial charge on any atom is 0.234 e. The zero-order chi connectivity index (χ0) is 18.7. The van der Waals surface area contributed by atoms with Crippen molar-refractivity contribution < 1.29 is 4.79 Å². The van der Waals surface area contributed by atoms with Gasteiger partial charge in [-0.1, -0.05) is 51.4 Å². The summed E-state index contributed by atoms with van der Waals surface area (Å²) in [5, 5.41) is 15.7. The highest BCUT2D eigenvalue weighted by molar-refractivity contribution is 9.10. The fraction of sp³-hybridized carbons (Fsp3) is 0.176. The minimum absolute atomic E-state index is 0.167. The van der Waals surface area contributed by atoms with Crippen molar-refractivity contribution in [3.8, 4) is 5.69 Å². The molecular weight excluding hydrogens is 438 g/mol. The van der Waals surface area contributed by atoms with Gasteiger partial charge in [0.15, 0.2) is 0 Å². The molecule has 0 saturated carbocycles. The van der Waals surface area contributed by atoms with E-state index < -0.39 is 0 Å². The van der Waals surface area contributed by atoms with Crippen molar-refractivity contribution in [1.29, 1.82) is 0 Å². The van der Waals surface area contributed by atoms with Gasteiger partial charge >= 0.3 is 0 Å². The Balaban J connectivity index is 1.74. The summed E-state index contributed by atoms with van der Waals surface area (Å²) in [6, 6.07) is 11.1. The molecule has 3 aromatic rings. The predicted molar refractivity (Wildman–Crippen MR) is 107 cm³/mol. The molecule has 0 spiro atoms. The topological polar surface area (TPSA) is 72.7 Å². The maximum atomic E-state index is 12.2. The largest absolute Gasteiger partial charge is 0.324 e. The molecule has 0 aliphatic carbocycles. The van der Waals surface area contributed by atoms with Crippen molar-refractivity contribution in [1.82, 2.24) is 20.2 Å². The van der Waals surface area contributed by atoms with Crippen LogP contribution in [-0.4, -0.2) is 31.9 Å². The number of halogens is 2. The molecule has 2 aromatic carbocycles. The maximum absolute atomic E-state index is 12.2. The zero-order valence-corrected chi connectivity index (χ0v) is 17.2. The van der Waals surface area contributed by atoms with Crippen molar-refractivity contribution in [2.45, 2.75) is 19.0 Å². The van der Waals surface area contributed by atoms with Crippen LogP contribution < -0.4 is 5.32 Å². The van der Waals surface area contributed by atoms with Gasteiger partial charge in [0.1, 0.15) is 0 Å². The SMILES string of the molecule is Cc1cc(Br)cc(C)c1-n1nnnc1SCC(=O)Nc1ccccc1Cl. The van der Waals surface area contributed by atoms with Crippen LogP contribution >= 0.6 is 39.3 Å². The number of aromatic nitrogens is 4. The number of anilines is 1. The molecule has 0 unspecified atom stereocenters. The van der Waals surface area contributed by atoms with Crippen LogP contribution in [0.3, 0.4) is 0 Å². The summed E-state index contributed by atoms with van der Waals surface area (Å²) in [5.41, 5.74) is 3.56. The number of aryl methyl sites for hydroxylation is 2. The van der Waals surface area contributed by atoms with Crippen LogP contribution in [0.4, 0.5) is 5.69 Å². The zero-order valence-electron chi connectivity index (χ0n) is 14.0. The molecule has 0 saturated heterocycles. The Bertz CT molecular complexity index is 939. The number of nitrogens with zero attached hydrogens (tertiary/aromatic N) is 4. The van der Waals surface area contributed by atoms with E-state index in [9.17, 15) is 4.79 Å². The molecule has 134 valence electrons. The molecule has 0 aliphatic rings. The summed E-state index contributed by atoms with van der Waals surface area (Å²) in [4.78, 5) is 12.2. The standard InChI is InChI=1S/C17H15BrClN5OS/c1-10-7-12(18)8-11(2)16(10)24-17(21-22-23-24)26-9-15(25)20-14-6-4-3-5-13(14)19/h3-8H,9H2,1-2H3,(H,20,25). The third-order valence-corrected chi connectivity index (χ3v) is 5.30. The van der Waals surface area contributed by atoms with E-state index in [2.05, 4.69) is 36.8 Å². The minimum atomic E-state index is -0.179. The number of tetrazole rings is 1. The van der Waals surface area contributed by atoms with Crippen LogP contribution in [0, 0.1) is 13.8 Å². The fourth-order valence-electron chi connectivity index (χ4n) is 2.53. The monoisotopic (exact) mass is 451 g/mol. The van der Waals surface area contributed by atoms with Crippen LogP contribution in [-0.2, 0) is 4.79 Å². The molecule has 1 aromatic heterocycles. The smallest absolute Gasteiger partial charge is 0.234 e. The summed E-state index contributed by atoms with van der Waals surface area (Å²) in [5.74, 6) is -0.0119. The van der Waals surface area contributed by atoms with Crippen molar-refractivity contribution in [2.24, 2.45) is 0 Å². The summed E-state index contributed by atoms with van der Waals surface area (Å²) >= 11 is 10.8. The van der Waals surface area contributed by atoms with Gasteiger partial charge in [0, 0.05) is 4.47 Å². The van der Waals surface area contributed by atoms with E-state index in [4.69, 9.17) is 11.6 Å². The normalized spacial score (nSPS) is 10.8. The first-order valence-electron chi connectivity index (χ1n) is 7.68. The quantitative estimate of drug-likeness (QED) is 0.580. The van der Waals surface area contributed by atoms with Crippen molar-refractivity contribution in [3.63, 3.8) is 0 Å². The third-order valence-electron chi connectivity index (χ3n) is 3.59. The number of para-hydroxylation sites is 1. The lowest BCUT2D eigenvalue weighted by molar-refractivity contribution is -0.113. The molecule has 26 heavy (non-hydrogen) atoms. The first-order chi connectivity index (χ1) is 12.5. The van der Waals surface area contributed by atoms with Gasteiger partial charge in [0.05, 0.1) is 22.2 Å². The number of amides is 1.